The highest BCUT2D eigenvalue weighted by molar-refractivity contribution is 9.10. The molecule has 0 spiro atoms. The van der Waals surface area contributed by atoms with Crippen LogP contribution in [0.5, 0.6) is 0 Å². The molecule has 0 radical (unpaired) electrons. The molecule has 7 heteroatoms. The van der Waals surface area contributed by atoms with Crippen molar-refractivity contribution in [2.24, 2.45) is 0 Å². The second-order valence-corrected chi connectivity index (χ2v) is 5.67. The molecule has 0 amide bonds. The van der Waals surface area contributed by atoms with Crippen LogP contribution in [0.15, 0.2) is 0 Å². The highest BCUT2D eigenvalue weighted by Crippen LogP contribution is 2.15. The van der Waals surface area contributed by atoms with Crippen LogP contribution in [0.1, 0.15) is 11.3 Å². The number of nitrogens with zero attached hydrogens (tertiary/aromatic N) is 1. The van der Waals surface area contributed by atoms with Gasteiger partial charge in [-0.05, 0) is 13.8 Å². The fourth-order valence-electron chi connectivity index (χ4n) is 0.759. The van der Waals surface area contributed by atoms with Gasteiger partial charge in [0.15, 0.2) is 5.82 Å². The maximum absolute atomic E-state index is 11.1. The summed E-state index contributed by atoms with van der Waals surface area (Å²) in [7, 11) is -3.30. The van der Waals surface area contributed by atoms with Crippen molar-refractivity contribution in [3.8, 4) is 0 Å². The van der Waals surface area contributed by atoms with Crippen LogP contribution in [-0.4, -0.2) is 23.3 Å². The average Bonchev–Trinajstić information content (AvgIpc) is 2.36. The lowest BCUT2D eigenvalue weighted by atomic mass is 10.3. The molecule has 0 atom stereocenters. The van der Waals surface area contributed by atoms with E-state index in [2.05, 4.69) is 30.8 Å². The molecule has 5 nitrogen and oxygen atoms in total. The first-order chi connectivity index (χ1) is 5.96. The monoisotopic (exact) mass is 267 g/mol. The van der Waals surface area contributed by atoms with Crippen LogP contribution in [0.3, 0.4) is 0 Å². The minimum atomic E-state index is -3.30. The molecule has 0 fully saturated rings. The van der Waals surface area contributed by atoms with Crippen molar-refractivity contribution < 1.29 is 8.42 Å². The Kier molecular flexibility index (Phi) is 2.97. The van der Waals surface area contributed by atoms with Crippen LogP contribution in [0.25, 0.3) is 0 Å². The van der Waals surface area contributed by atoms with E-state index in [-0.39, 0.29) is 4.66 Å². The number of rotatable bonds is 3. The van der Waals surface area contributed by atoms with Gasteiger partial charge in [0.2, 0.25) is 10.0 Å². The highest BCUT2D eigenvalue weighted by Gasteiger charge is 2.12. The van der Waals surface area contributed by atoms with Crippen LogP contribution < -0.4 is 4.72 Å². The Hall–Kier alpha value is -0.560. The summed E-state index contributed by atoms with van der Waals surface area (Å²) in [6.45, 7) is 3.62. The molecule has 1 heterocycles. The van der Waals surface area contributed by atoms with Crippen LogP contribution in [0, 0.1) is 13.8 Å². The van der Waals surface area contributed by atoms with Gasteiger partial charge in [-0.3, -0.25) is 9.82 Å². The summed E-state index contributed by atoms with van der Waals surface area (Å²) >= 11 is 2.87. The van der Waals surface area contributed by atoms with Gasteiger partial charge in [0, 0.05) is 11.3 Å². The van der Waals surface area contributed by atoms with E-state index in [9.17, 15) is 8.42 Å². The normalized spacial score (nSPS) is 11.6. The molecule has 0 aliphatic heterocycles. The maximum Gasteiger partial charge on any atom is 0.243 e. The number of nitrogens with one attached hydrogen (secondary N) is 2. The van der Waals surface area contributed by atoms with Crippen molar-refractivity contribution in [2.45, 2.75) is 13.8 Å². The Bertz CT molecular complexity index is 398. The summed E-state index contributed by atoms with van der Waals surface area (Å²) in [5.41, 5.74) is 1.66. The first-order valence-electron chi connectivity index (χ1n) is 3.54. The van der Waals surface area contributed by atoms with Gasteiger partial charge in [-0.25, -0.2) is 8.42 Å². The highest BCUT2D eigenvalue weighted by atomic mass is 79.9. The number of aryl methyl sites for hydroxylation is 1. The predicted octanol–water partition coefficient (Wildman–Crippen LogP) is 1.12. The molecule has 13 heavy (non-hydrogen) atoms. The second-order valence-electron chi connectivity index (χ2n) is 2.65. The van der Waals surface area contributed by atoms with Crippen molar-refractivity contribution >= 4 is 31.8 Å². The number of aromatic nitrogens is 2. The lowest BCUT2D eigenvalue weighted by Gasteiger charge is -2.01. The van der Waals surface area contributed by atoms with E-state index in [0.717, 1.165) is 11.3 Å². The van der Waals surface area contributed by atoms with E-state index < -0.39 is 10.0 Å². The zero-order valence-electron chi connectivity index (χ0n) is 7.26. The van der Waals surface area contributed by atoms with Crippen LogP contribution in [-0.2, 0) is 10.0 Å². The first-order valence-corrected chi connectivity index (χ1v) is 6.31. The number of halogens is 1. The predicted molar refractivity (Wildman–Crippen MR) is 54.4 cm³/mol. The SMILES string of the molecule is Cc1[nH]nc(NS(=O)(=O)CBr)c1C. The number of aromatic amines is 1. The molecular weight excluding hydrogens is 258 g/mol. The Balaban J connectivity index is 2.93. The maximum atomic E-state index is 11.1. The van der Waals surface area contributed by atoms with E-state index in [1.165, 1.54) is 0 Å². The summed E-state index contributed by atoms with van der Waals surface area (Å²) in [5, 5.41) is 6.50. The molecule has 0 aliphatic rings. The van der Waals surface area contributed by atoms with Crippen molar-refractivity contribution in [2.75, 3.05) is 9.38 Å². The van der Waals surface area contributed by atoms with Crippen molar-refractivity contribution in [3.63, 3.8) is 0 Å². The molecule has 1 aromatic rings. The van der Waals surface area contributed by atoms with Gasteiger partial charge < -0.3 is 0 Å². The lowest BCUT2D eigenvalue weighted by Crippen LogP contribution is -2.14. The molecular formula is C6H10BrN3O2S. The number of hydrogen-bond acceptors (Lipinski definition) is 3. The molecule has 2 N–H and O–H groups in total. The Morgan fingerprint density at radius 3 is 2.54 bits per heavy atom. The number of sulfonamides is 1. The standard InChI is InChI=1S/C6H10BrN3O2S/c1-4-5(2)8-9-6(4)10-13(11,12)3-7/h3H2,1-2H3,(H2,8,9,10). The molecule has 1 rings (SSSR count). The molecule has 0 aliphatic carbocycles. The average molecular weight is 268 g/mol. The summed E-state index contributed by atoms with van der Waals surface area (Å²) in [4.78, 5) is 0. The number of alkyl halides is 1. The van der Waals surface area contributed by atoms with Crippen molar-refractivity contribution in [1.82, 2.24) is 10.2 Å². The molecule has 0 saturated heterocycles. The number of H-pyrrole nitrogens is 1. The van der Waals surface area contributed by atoms with Gasteiger partial charge >= 0.3 is 0 Å². The lowest BCUT2D eigenvalue weighted by molar-refractivity contribution is 0.605. The second kappa shape index (κ2) is 3.67. The molecule has 0 saturated carbocycles. The topological polar surface area (TPSA) is 74.8 Å². The molecule has 0 bridgehead atoms. The molecule has 0 aromatic carbocycles. The Morgan fingerprint density at radius 2 is 2.15 bits per heavy atom. The zero-order chi connectivity index (χ0) is 10.1. The molecule has 74 valence electrons. The third-order valence-corrected chi connectivity index (χ3v) is 4.25. The fourth-order valence-corrected chi connectivity index (χ4v) is 1.65. The van der Waals surface area contributed by atoms with Crippen molar-refractivity contribution in [1.29, 1.82) is 0 Å². The zero-order valence-corrected chi connectivity index (χ0v) is 9.66. The molecule has 1 aromatic heterocycles. The third-order valence-electron chi connectivity index (χ3n) is 1.65. The van der Waals surface area contributed by atoms with Gasteiger partial charge in [-0.15, -0.1) is 0 Å². The van der Waals surface area contributed by atoms with Gasteiger partial charge in [0.25, 0.3) is 0 Å². The van der Waals surface area contributed by atoms with E-state index in [4.69, 9.17) is 0 Å². The molecule has 0 unspecified atom stereocenters. The number of hydrogen-bond donors (Lipinski definition) is 2. The van der Waals surface area contributed by atoms with E-state index >= 15 is 0 Å². The van der Waals surface area contributed by atoms with Crippen molar-refractivity contribution in [3.05, 3.63) is 11.3 Å². The van der Waals surface area contributed by atoms with Crippen LogP contribution in [0.2, 0.25) is 0 Å². The quantitative estimate of drug-likeness (QED) is 0.807. The van der Waals surface area contributed by atoms with E-state index in [1.54, 1.807) is 6.92 Å². The summed E-state index contributed by atoms with van der Waals surface area (Å²) in [6, 6.07) is 0. The van der Waals surface area contributed by atoms with E-state index in [1.807, 2.05) is 6.92 Å². The summed E-state index contributed by atoms with van der Waals surface area (Å²) in [6.07, 6.45) is 0. The van der Waals surface area contributed by atoms with Gasteiger partial charge in [-0.2, -0.15) is 5.10 Å². The third kappa shape index (κ3) is 2.44. The van der Waals surface area contributed by atoms with Gasteiger partial charge in [0.05, 0.1) is 0 Å². The number of anilines is 1. The van der Waals surface area contributed by atoms with Gasteiger partial charge in [0.1, 0.15) is 4.66 Å². The largest absolute Gasteiger partial charge is 0.280 e. The minimum Gasteiger partial charge on any atom is -0.280 e. The fraction of sp³-hybridized carbons (Fsp3) is 0.500. The Labute approximate surface area is 85.1 Å². The minimum absolute atomic E-state index is 0.134. The summed E-state index contributed by atoms with van der Waals surface area (Å²) in [5.74, 6) is 0.358. The van der Waals surface area contributed by atoms with Gasteiger partial charge in [-0.1, -0.05) is 15.9 Å². The summed E-state index contributed by atoms with van der Waals surface area (Å²) < 4.78 is 24.4. The van der Waals surface area contributed by atoms with E-state index in [0.29, 0.717) is 5.82 Å². The first kappa shape index (κ1) is 10.5. The van der Waals surface area contributed by atoms with Crippen LogP contribution in [0.4, 0.5) is 5.82 Å². The smallest absolute Gasteiger partial charge is 0.243 e. The Morgan fingerprint density at radius 1 is 1.54 bits per heavy atom. The van der Waals surface area contributed by atoms with Crippen LogP contribution >= 0.6 is 15.9 Å².